The van der Waals surface area contributed by atoms with E-state index in [-0.39, 0.29) is 0 Å². The van der Waals surface area contributed by atoms with Gasteiger partial charge < -0.3 is 19.7 Å². The van der Waals surface area contributed by atoms with E-state index in [1.165, 1.54) is 6.92 Å². The monoisotopic (exact) mass is 318 g/mol. The van der Waals surface area contributed by atoms with Crippen LogP contribution < -0.4 is 10.5 Å². The zero-order valence-electron chi connectivity index (χ0n) is 13.2. The summed E-state index contributed by atoms with van der Waals surface area (Å²) in [5.74, 6) is -0.0148. The van der Waals surface area contributed by atoms with Crippen molar-refractivity contribution in [2.75, 3.05) is 0 Å². The van der Waals surface area contributed by atoms with Crippen LogP contribution in [0.2, 0.25) is 0 Å². The Morgan fingerprint density at radius 1 is 1.26 bits per heavy atom. The molecule has 2 rings (SSSR count). The molecule has 7 heteroatoms. The van der Waals surface area contributed by atoms with Crippen molar-refractivity contribution in [3.05, 3.63) is 46.8 Å². The number of aryl methyl sites for hydroxylation is 2. The average Bonchev–Trinajstić information content (AvgIpc) is 2.84. The summed E-state index contributed by atoms with van der Waals surface area (Å²) in [4.78, 5) is 22.7. The molecule has 0 saturated heterocycles. The maximum atomic E-state index is 11.8. The zero-order valence-corrected chi connectivity index (χ0v) is 13.2. The van der Waals surface area contributed by atoms with E-state index in [0.29, 0.717) is 23.7 Å². The van der Waals surface area contributed by atoms with Gasteiger partial charge in [0.15, 0.2) is 6.10 Å². The molecule has 122 valence electrons. The van der Waals surface area contributed by atoms with E-state index in [1.807, 2.05) is 13.8 Å². The van der Waals surface area contributed by atoms with E-state index in [1.54, 1.807) is 24.3 Å². The van der Waals surface area contributed by atoms with Gasteiger partial charge in [-0.25, -0.2) is 4.79 Å². The minimum atomic E-state index is -0.974. The van der Waals surface area contributed by atoms with Gasteiger partial charge in [0.25, 0.3) is 5.91 Å². The van der Waals surface area contributed by atoms with Crippen LogP contribution in [0.4, 0.5) is 0 Å². The van der Waals surface area contributed by atoms with Crippen molar-refractivity contribution in [1.82, 2.24) is 5.16 Å². The first kappa shape index (κ1) is 16.5. The molecule has 0 saturated carbocycles. The van der Waals surface area contributed by atoms with Gasteiger partial charge in [-0.2, -0.15) is 0 Å². The lowest BCUT2D eigenvalue weighted by Crippen LogP contribution is -2.30. The highest BCUT2D eigenvalue weighted by molar-refractivity contribution is 5.92. The first-order valence-electron chi connectivity index (χ1n) is 7.03. The molecule has 0 aliphatic rings. The third-order valence-electron chi connectivity index (χ3n) is 3.34. The lowest BCUT2D eigenvalue weighted by molar-refractivity contribution is -0.125. The predicted octanol–water partition coefficient (Wildman–Crippen LogP) is 1.90. The van der Waals surface area contributed by atoms with Gasteiger partial charge in [-0.3, -0.25) is 4.79 Å². The molecule has 1 aromatic heterocycles. The fourth-order valence-corrected chi connectivity index (χ4v) is 1.84. The van der Waals surface area contributed by atoms with Crippen molar-refractivity contribution >= 4 is 11.9 Å². The highest BCUT2D eigenvalue weighted by Crippen LogP contribution is 2.18. The van der Waals surface area contributed by atoms with Crippen molar-refractivity contribution in [2.24, 2.45) is 5.73 Å². The van der Waals surface area contributed by atoms with E-state index in [0.717, 1.165) is 11.3 Å². The summed E-state index contributed by atoms with van der Waals surface area (Å²) in [7, 11) is 0. The van der Waals surface area contributed by atoms with Gasteiger partial charge in [0.2, 0.25) is 0 Å². The zero-order chi connectivity index (χ0) is 17.0. The molecule has 1 unspecified atom stereocenters. The fraction of sp³-hybridized carbons (Fsp3) is 0.312. The number of esters is 1. The highest BCUT2D eigenvalue weighted by Gasteiger charge is 2.16. The molecule has 1 heterocycles. The Kier molecular flexibility index (Phi) is 5.00. The number of nitrogens with zero attached hydrogens (tertiary/aromatic N) is 1. The molecule has 0 bridgehead atoms. The number of hydrogen-bond donors (Lipinski definition) is 1. The molecule has 23 heavy (non-hydrogen) atoms. The number of hydrogen-bond acceptors (Lipinski definition) is 6. The summed E-state index contributed by atoms with van der Waals surface area (Å²) in [6.45, 7) is 5.40. The molecule has 7 nitrogen and oxygen atoms in total. The first-order valence-corrected chi connectivity index (χ1v) is 7.03. The van der Waals surface area contributed by atoms with E-state index in [9.17, 15) is 9.59 Å². The standard InChI is InChI=1S/C16H18N2O5/c1-9-14(10(2)23-18-9)8-21-13-6-4-12(5-7-13)16(20)22-11(3)15(17)19/h4-7,11H,8H2,1-3H3,(H2,17,19). The molecule has 2 N–H and O–H groups in total. The molecular weight excluding hydrogens is 300 g/mol. The molecule has 0 spiro atoms. The van der Waals surface area contributed by atoms with E-state index in [2.05, 4.69) is 5.16 Å². The number of rotatable bonds is 6. The van der Waals surface area contributed by atoms with E-state index >= 15 is 0 Å². The smallest absolute Gasteiger partial charge is 0.338 e. The molecule has 1 atom stereocenters. The second-order valence-corrected chi connectivity index (χ2v) is 5.07. The van der Waals surface area contributed by atoms with Crippen LogP contribution in [0.15, 0.2) is 28.8 Å². The Morgan fingerprint density at radius 3 is 2.43 bits per heavy atom. The molecule has 0 fully saturated rings. The molecule has 0 aliphatic heterocycles. The van der Waals surface area contributed by atoms with Crippen LogP contribution in [0.3, 0.4) is 0 Å². The summed E-state index contributed by atoms with van der Waals surface area (Å²) in [5, 5.41) is 3.85. The normalized spacial score (nSPS) is 11.8. The van der Waals surface area contributed by atoms with Crippen molar-refractivity contribution in [3.8, 4) is 5.75 Å². The maximum Gasteiger partial charge on any atom is 0.338 e. The van der Waals surface area contributed by atoms with Gasteiger partial charge in [-0.1, -0.05) is 5.16 Å². The topological polar surface area (TPSA) is 105 Å². The molecule has 2 aromatic rings. The summed E-state index contributed by atoms with van der Waals surface area (Å²) < 4.78 is 15.6. The third kappa shape index (κ3) is 4.09. The van der Waals surface area contributed by atoms with Crippen LogP contribution in [0.5, 0.6) is 5.75 Å². The van der Waals surface area contributed by atoms with Crippen LogP contribution in [-0.4, -0.2) is 23.1 Å². The number of amides is 1. The van der Waals surface area contributed by atoms with Gasteiger partial charge in [0.05, 0.1) is 16.8 Å². The van der Waals surface area contributed by atoms with E-state index in [4.69, 9.17) is 19.7 Å². The first-order chi connectivity index (χ1) is 10.9. The highest BCUT2D eigenvalue weighted by atomic mass is 16.5. The van der Waals surface area contributed by atoms with Crippen LogP contribution in [-0.2, 0) is 16.1 Å². The Labute approximate surface area is 133 Å². The largest absolute Gasteiger partial charge is 0.489 e. The fourth-order valence-electron chi connectivity index (χ4n) is 1.84. The lowest BCUT2D eigenvalue weighted by atomic mass is 10.2. The summed E-state index contributed by atoms with van der Waals surface area (Å²) >= 11 is 0. The van der Waals surface area contributed by atoms with Crippen LogP contribution in [0.25, 0.3) is 0 Å². The maximum absolute atomic E-state index is 11.8. The Morgan fingerprint density at radius 2 is 1.91 bits per heavy atom. The number of ether oxygens (including phenoxy) is 2. The molecular formula is C16H18N2O5. The number of nitrogens with two attached hydrogens (primary N) is 1. The van der Waals surface area contributed by atoms with Crippen LogP contribution in [0.1, 0.15) is 34.3 Å². The SMILES string of the molecule is Cc1noc(C)c1COc1ccc(C(=O)OC(C)C(N)=O)cc1. The molecule has 1 aromatic carbocycles. The Bertz CT molecular complexity index is 686. The van der Waals surface area contributed by atoms with Gasteiger partial charge in [0.1, 0.15) is 18.1 Å². The minimum Gasteiger partial charge on any atom is -0.489 e. The molecule has 0 aliphatic carbocycles. The number of benzene rings is 1. The Hall–Kier alpha value is -2.83. The van der Waals surface area contributed by atoms with Gasteiger partial charge >= 0.3 is 5.97 Å². The predicted molar refractivity (Wildman–Crippen MR) is 80.8 cm³/mol. The third-order valence-corrected chi connectivity index (χ3v) is 3.34. The molecule has 1 amide bonds. The van der Waals surface area contributed by atoms with Crippen LogP contribution >= 0.6 is 0 Å². The van der Waals surface area contributed by atoms with Gasteiger partial charge in [0, 0.05) is 0 Å². The van der Waals surface area contributed by atoms with Crippen molar-refractivity contribution in [2.45, 2.75) is 33.5 Å². The second kappa shape index (κ2) is 6.95. The van der Waals surface area contributed by atoms with Gasteiger partial charge in [-0.05, 0) is 45.0 Å². The minimum absolute atomic E-state index is 0.308. The van der Waals surface area contributed by atoms with Crippen molar-refractivity contribution in [3.63, 3.8) is 0 Å². The Balaban J connectivity index is 1.97. The summed E-state index contributed by atoms with van der Waals surface area (Å²) in [5.41, 5.74) is 7.03. The number of carbonyl (C=O) groups is 2. The summed E-state index contributed by atoms with van der Waals surface area (Å²) in [6.07, 6.45) is -0.974. The number of aromatic nitrogens is 1. The lowest BCUT2D eigenvalue weighted by Gasteiger charge is -2.10. The second-order valence-electron chi connectivity index (χ2n) is 5.07. The average molecular weight is 318 g/mol. The van der Waals surface area contributed by atoms with Gasteiger partial charge in [-0.15, -0.1) is 0 Å². The number of carbonyl (C=O) groups excluding carboxylic acids is 2. The number of primary amides is 1. The van der Waals surface area contributed by atoms with E-state index < -0.39 is 18.0 Å². The quantitative estimate of drug-likeness (QED) is 0.816. The van der Waals surface area contributed by atoms with Crippen molar-refractivity contribution in [1.29, 1.82) is 0 Å². The molecule has 0 radical (unpaired) electrons. The van der Waals surface area contributed by atoms with Crippen LogP contribution in [0, 0.1) is 13.8 Å². The van der Waals surface area contributed by atoms with Crippen molar-refractivity contribution < 1.29 is 23.6 Å². The summed E-state index contributed by atoms with van der Waals surface area (Å²) in [6, 6.07) is 6.39.